The van der Waals surface area contributed by atoms with Crippen LogP contribution in [0.15, 0.2) is 5.38 Å². The van der Waals surface area contributed by atoms with E-state index in [-0.39, 0.29) is 5.91 Å². The fourth-order valence-corrected chi connectivity index (χ4v) is 2.45. The summed E-state index contributed by atoms with van der Waals surface area (Å²) in [7, 11) is 0. The Bertz CT molecular complexity index is 376. The van der Waals surface area contributed by atoms with E-state index in [9.17, 15) is 4.79 Å². The van der Waals surface area contributed by atoms with Gasteiger partial charge in [-0.15, -0.1) is 11.3 Å². The topological polar surface area (TPSA) is 57.3 Å². The van der Waals surface area contributed by atoms with Gasteiger partial charge >= 0.3 is 0 Å². The Morgan fingerprint density at radius 1 is 1.42 bits per heavy atom. The number of rotatable bonds is 9. The van der Waals surface area contributed by atoms with Crippen molar-refractivity contribution in [3.63, 3.8) is 0 Å². The first-order valence-corrected chi connectivity index (χ1v) is 7.68. The first-order valence-electron chi connectivity index (χ1n) is 6.80. The number of amides is 1. The van der Waals surface area contributed by atoms with Crippen LogP contribution >= 0.6 is 11.3 Å². The minimum Gasteiger partial charge on any atom is -0.308 e. The van der Waals surface area contributed by atoms with E-state index in [1.54, 1.807) is 0 Å². The van der Waals surface area contributed by atoms with Crippen molar-refractivity contribution in [1.82, 2.24) is 15.2 Å². The summed E-state index contributed by atoms with van der Waals surface area (Å²) < 4.78 is 0. The molecular weight excluding hydrogens is 260 g/mol. The molecule has 108 valence electrons. The van der Waals surface area contributed by atoms with Gasteiger partial charge in [-0.3, -0.25) is 4.79 Å². The van der Waals surface area contributed by atoms with E-state index in [4.69, 9.17) is 0 Å². The first kappa shape index (κ1) is 16.1. The lowest BCUT2D eigenvalue weighted by Gasteiger charge is -2.17. The summed E-state index contributed by atoms with van der Waals surface area (Å²) in [5, 5.41) is 8.53. The van der Waals surface area contributed by atoms with Gasteiger partial charge in [0.2, 0.25) is 5.91 Å². The summed E-state index contributed by atoms with van der Waals surface area (Å²) in [5.74, 6) is -0.0304. The Morgan fingerprint density at radius 2 is 2.16 bits per heavy atom. The molecule has 5 nitrogen and oxygen atoms in total. The predicted molar refractivity (Wildman–Crippen MR) is 80.8 cm³/mol. The van der Waals surface area contributed by atoms with Gasteiger partial charge in [-0.05, 0) is 39.5 Å². The summed E-state index contributed by atoms with van der Waals surface area (Å²) in [6.45, 7) is 10.7. The van der Waals surface area contributed by atoms with Crippen molar-refractivity contribution in [3.05, 3.63) is 11.1 Å². The highest BCUT2D eigenvalue weighted by molar-refractivity contribution is 7.13. The molecule has 6 heteroatoms. The molecule has 2 N–H and O–H groups in total. The molecular formula is C13H24N4OS. The number of anilines is 1. The average molecular weight is 284 g/mol. The second kappa shape index (κ2) is 9.01. The number of nitrogens with one attached hydrogen (secondary N) is 2. The Morgan fingerprint density at radius 3 is 2.74 bits per heavy atom. The van der Waals surface area contributed by atoms with Crippen LogP contribution in [0.5, 0.6) is 0 Å². The molecule has 1 aromatic rings. The van der Waals surface area contributed by atoms with Crippen LogP contribution in [-0.4, -0.2) is 48.5 Å². The first-order chi connectivity index (χ1) is 9.15. The average Bonchev–Trinajstić information content (AvgIpc) is 2.79. The molecule has 0 unspecified atom stereocenters. The number of carbonyl (C=O) groups is 1. The SMILES string of the molecule is CCN(CC)CCCNCC(=O)Nc1nc(C)cs1. The van der Waals surface area contributed by atoms with Gasteiger partial charge in [0.25, 0.3) is 0 Å². The zero-order valence-electron chi connectivity index (χ0n) is 12.0. The molecule has 0 spiro atoms. The number of nitrogens with zero attached hydrogens (tertiary/aromatic N) is 2. The maximum atomic E-state index is 11.6. The Hall–Kier alpha value is -0.980. The van der Waals surface area contributed by atoms with Gasteiger partial charge in [0.15, 0.2) is 5.13 Å². The number of thiazole rings is 1. The van der Waals surface area contributed by atoms with Crippen LogP contribution in [0.4, 0.5) is 5.13 Å². The third-order valence-electron chi connectivity index (χ3n) is 2.87. The fourth-order valence-electron chi connectivity index (χ4n) is 1.74. The van der Waals surface area contributed by atoms with Crippen molar-refractivity contribution < 1.29 is 4.79 Å². The van der Waals surface area contributed by atoms with E-state index in [1.165, 1.54) is 11.3 Å². The second-order valence-corrected chi connectivity index (χ2v) is 5.26. The maximum absolute atomic E-state index is 11.6. The van der Waals surface area contributed by atoms with E-state index in [1.807, 2.05) is 12.3 Å². The number of hydrogen-bond donors (Lipinski definition) is 2. The third-order valence-corrected chi connectivity index (χ3v) is 3.75. The number of carbonyl (C=O) groups excluding carboxylic acids is 1. The van der Waals surface area contributed by atoms with Crippen molar-refractivity contribution in [3.8, 4) is 0 Å². The molecule has 0 aliphatic heterocycles. The maximum Gasteiger partial charge on any atom is 0.240 e. The van der Waals surface area contributed by atoms with Gasteiger partial charge in [0.1, 0.15) is 0 Å². The molecule has 0 aromatic carbocycles. The lowest BCUT2D eigenvalue weighted by atomic mass is 10.3. The summed E-state index contributed by atoms with van der Waals surface area (Å²) in [5.41, 5.74) is 0.937. The Balaban J connectivity index is 2.07. The van der Waals surface area contributed by atoms with E-state index < -0.39 is 0 Å². The van der Waals surface area contributed by atoms with Gasteiger partial charge in [-0.2, -0.15) is 0 Å². The van der Waals surface area contributed by atoms with Gasteiger partial charge in [0.05, 0.1) is 12.2 Å². The van der Waals surface area contributed by atoms with E-state index in [0.717, 1.165) is 38.3 Å². The van der Waals surface area contributed by atoms with E-state index in [0.29, 0.717) is 11.7 Å². The molecule has 0 atom stereocenters. The standard InChI is InChI=1S/C13H24N4OS/c1-4-17(5-2)8-6-7-14-9-12(18)16-13-15-11(3)10-19-13/h10,14H,4-9H2,1-3H3,(H,15,16,18). The molecule has 1 amide bonds. The van der Waals surface area contributed by atoms with Gasteiger partial charge in [-0.25, -0.2) is 4.98 Å². The second-order valence-electron chi connectivity index (χ2n) is 4.40. The van der Waals surface area contributed by atoms with Gasteiger partial charge in [-0.1, -0.05) is 13.8 Å². The minimum absolute atomic E-state index is 0.0304. The van der Waals surface area contributed by atoms with Crippen LogP contribution in [0, 0.1) is 6.92 Å². The van der Waals surface area contributed by atoms with Gasteiger partial charge in [0, 0.05) is 5.38 Å². The molecule has 0 aliphatic carbocycles. The highest BCUT2D eigenvalue weighted by atomic mass is 32.1. The quantitative estimate of drug-likeness (QED) is 0.678. The van der Waals surface area contributed by atoms with Gasteiger partial charge < -0.3 is 15.5 Å². The number of hydrogen-bond acceptors (Lipinski definition) is 5. The molecule has 0 fully saturated rings. The highest BCUT2D eigenvalue weighted by Crippen LogP contribution is 2.13. The summed E-state index contributed by atoms with van der Waals surface area (Å²) in [6.07, 6.45) is 1.06. The molecule has 1 heterocycles. The largest absolute Gasteiger partial charge is 0.308 e. The van der Waals surface area contributed by atoms with Crippen molar-refractivity contribution >= 4 is 22.4 Å². The zero-order chi connectivity index (χ0) is 14.1. The van der Waals surface area contributed by atoms with Crippen LogP contribution in [-0.2, 0) is 4.79 Å². The molecule has 0 aliphatic rings. The number of aromatic nitrogens is 1. The van der Waals surface area contributed by atoms with Crippen molar-refractivity contribution in [1.29, 1.82) is 0 Å². The Kier molecular flexibility index (Phi) is 7.62. The monoisotopic (exact) mass is 284 g/mol. The summed E-state index contributed by atoms with van der Waals surface area (Å²) in [6, 6.07) is 0. The Labute approximate surface area is 119 Å². The molecule has 19 heavy (non-hydrogen) atoms. The van der Waals surface area contributed by atoms with Crippen LogP contribution in [0.3, 0.4) is 0 Å². The molecule has 0 radical (unpaired) electrons. The molecule has 0 saturated heterocycles. The van der Waals surface area contributed by atoms with Crippen molar-refractivity contribution in [2.45, 2.75) is 27.2 Å². The van der Waals surface area contributed by atoms with Crippen LogP contribution in [0.25, 0.3) is 0 Å². The summed E-state index contributed by atoms with van der Waals surface area (Å²) in [4.78, 5) is 18.2. The molecule has 1 rings (SSSR count). The summed E-state index contributed by atoms with van der Waals surface area (Å²) >= 11 is 1.45. The van der Waals surface area contributed by atoms with Crippen LogP contribution < -0.4 is 10.6 Å². The van der Waals surface area contributed by atoms with Crippen LogP contribution in [0.2, 0.25) is 0 Å². The minimum atomic E-state index is -0.0304. The molecule has 0 saturated carbocycles. The number of aryl methyl sites for hydroxylation is 1. The van der Waals surface area contributed by atoms with Crippen LogP contribution in [0.1, 0.15) is 26.0 Å². The van der Waals surface area contributed by atoms with Crippen molar-refractivity contribution in [2.75, 3.05) is 38.0 Å². The normalized spacial score (nSPS) is 10.9. The zero-order valence-corrected chi connectivity index (χ0v) is 12.8. The van der Waals surface area contributed by atoms with E-state index in [2.05, 4.69) is 34.4 Å². The molecule has 0 bridgehead atoms. The molecule has 1 aromatic heterocycles. The lowest BCUT2D eigenvalue weighted by Crippen LogP contribution is -2.31. The fraction of sp³-hybridized carbons (Fsp3) is 0.692. The lowest BCUT2D eigenvalue weighted by molar-refractivity contribution is -0.115. The smallest absolute Gasteiger partial charge is 0.240 e. The highest BCUT2D eigenvalue weighted by Gasteiger charge is 2.04. The predicted octanol–water partition coefficient (Wildman–Crippen LogP) is 1.71. The van der Waals surface area contributed by atoms with Crippen molar-refractivity contribution in [2.24, 2.45) is 0 Å². The van der Waals surface area contributed by atoms with E-state index >= 15 is 0 Å². The third kappa shape index (κ3) is 6.66.